The Labute approximate surface area is 157 Å². The molecule has 0 unspecified atom stereocenters. The van der Waals surface area contributed by atoms with Crippen molar-refractivity contribution in [1.29, 1.82) is 0 Å². The molecule has 25 heavy (non-hydrogen) atoms. The molecule has 0 aliphatic carbocycles. The SMILES string of the molecule is CCCCOc1ccc2c(NC(=O)CN(CC)CC)cccc2c1.Cl. The van der Waals surface area contributed by atoms with E-state index in [2.05, 4.69) is 31.0 Å². The minimum absolute atomic E-state index is 0. The van der Waals surface area contributed by atoms with Gasteiger partial charge in [-0.3, -0.25) is 9.69 Å². The molecule has 0 radical (unpaired) electrons. The first-order chi connectivity index (χ1) is 11.7. The summed E-state index contributed by atoms with van der Waals surface area (Å²) in [6.45, 7) is 9.18. The van der Waals surface area contributed by atoms with E-state index in [-0.39, 0.29) is 18.3 Å². The van der Waals surface area contributed by atoms with Crippen LogP contribution in [0.25, 0.3) is 10.8 Å². The Morgan fingerprint density at radius 3 is 2.56 bits per heavy atom. The van der Waals surface area contributed by atoms with Gasteiger partial charge in [0.1, 0.15) is 5.75 Å². The lowest BCUT2D eigenvalue weighted by Crippen LogP contribution is -2.32. The van der Waals surface area contributed by atoms with Crippen molar-refractivity contribution in [3.8, 4) is 5.75 Å². The topological polar surface area (TPSA) is 41.6 Å². The molecule has 0 bridgehead atoms. The molecular weight excluding hydrogens is 336 g/mol. The lowest BCUT2D eigenvalue weighted by Gasteiger charge is -2.18. The van der Waals surface area contributed by atoms with Crippen LogP contribution in [0.1, 0.15) is 33.6 Å². The summed E-state index contributed by atoms with van der Waals surface area (Å²) < 4.78 is 5.76. The summed E-state index contributed by atoms with van der Waals surface area (Å²) in [6.07, 6.45) is 2.18. The number of benzene rings is 2. The highest BCUT2D eigenvalue weighted by Gasteiger charge is 2.09. The zero-order chi connectivity index (χ0) is 17.4. The number of nitrogens with zero attached hydrogens (tertiary/aromatic N) is 1. The molecule has 0 aliphatic heterocycles. The maximum absolute atomic E-state index is 12.2. The predicted octanol–water partition coefficient (Wildman–Crippen LogP) is 4.72. The summed E-state index contributed by atoms with van der Waals surface area (Å²) in [5, 5.41) is 5.14. The molecule has 2 aromatic rings. The number of amides is 1. The molecule has 1 amide bonds. The fourth-order valence-electron chi connectivity index (χ4n) is 2.63. The number of fused-ring (bicyclic) bond motifs is 1. The van der Waals surface area contributed by atoms with Crippen molar-refractivity contribution in [2.75, 3.05) is 31.6 Å². The number of hydrogen-bond acceptors (Lipinski definition) is 3. The Bertz CT molecular complexity index is 672. The first kappa shape index (κ1) is 21.3. The molecule has 0 atom stereocenters. The summed E-state index contributed by atoms with van der Waals surface area (Å²) in [4.78, 5) is 14.3. The average Bonchev–Trinajstić information content (AvgIpc) is 2.60. The van der Waals surface area contributed by atoms with Crippen molar-refractivity contribution in [2.24, 2.45) is 0 Å². The number of unbranched alkanes of at least 4 members (excludes halogenated alkanes) is 1. The Kier molecular flexibility index (Phi) is 9.32. The Balaban J connectivity index is 0.00000312. The maximum atomic E-state index is 12.2. The van der Waals surface area contributed by atoms with Crippen LogP contribution in [0, 0.1) is 0 Å². The zero-order valence-corrected chi connectivity index (χ0v) is 16.2. The average molecular weight is 365 g/mol. The molecule has 2 aromatic carbocycles. The van der Waals surface area contributed by atoms with Crippen molar-refractivity contribution >= 4 is 34.8 Å². The number of rotatable bonds is 9. The second-order valence-corrected chi connectivity index (χ2v) is 5.90. The number of anilines is 1. The van der Waals surface area contributed by atoms with Gasteiger partial charge in [0.2, 0.25) is 5.91 Å². The fraction of sp³-hybridized carbons (Fsp3) is 0.450. The third-order valence-electron chi connectivity index (χ3n) is 4.15. The van der Waals surface area contributed by atoms with Crippen molar-refractivity contribution in [3.05, 3.63) is 36.4 Å². The van der Waals surface area contributed by atoms with Gasteiger partial charge in [0.15, 0.2) is 0 Å². The van der Waals surface area contributed by atoms with Gasteiger partial charge in [-0.15, -0.1) is 12.4 Å². The fourth-order valence-corrected chi connectivity index (χ4v) is 2.63. The van der Waals surface area contributed by atoms with Gasteiger partial charge in [-0.25, -0.2) is 0 Å². The zero-order valence-electron chi connectivity index (χ0n) is 15.4. The summed E-state index contributed by atoms with van der Waals surface area (Å²) in [7, 11) is 0. The molecule has 0 spiro atoms. The predicted molar refractivity (Wildman–Crippen MR) is 108 cm³/mol. The van der Waals surface area contributed by atoms with Gasteiger partial charge in [-0.1, -0.05) is 39.3 Å². The third-order valence-corrected chi connectivity index (χ3v) is 4.15. The smallest absolute Gasteiger partial charge is 0.238 e. The summed E-state index contributed by atoms with van der Waals surface area (Å²) in [5.41, 5.74) is 0.852. The van der Waals surface area contributed by atoms with Crippen molar-refractivity contribution in [2.45, 2.75) is 33.6 Å². The number of ether oxygens (including phenoxy) is 1. The lowest BCUT2D eigenvalue weighted by molar-refractivity contribution is -0.117. The van der Waals surface area contributed by atoms with Crippen LogP contribution in [0.2, 0.25) is 0 Å². The maximum Gasteiger partial charge on any atom is 0.238 e. The second-order valence-electron chi connectivity index (χ2n) is 5.90. The van der Waals surface area contributed by atoms with Crippen LogP contribution in [0.3, 0.4) is 0 Å². The molecule has 1 N–H and O–H groups in total. The van der Waals surface area contributed by atoms with Crippen LogP contribution >= 0.6 is 12.4 Å². The van der Waals surface area contributed by atoms with Gasteiger partial charge in [0, 0.05) is 11.1 Å². The summed E-state index contributed by atoms with van der Waals surface area (Å²) in [5.74, 6) is 0.900. The molecule has 0 aromatic heterocycles. The molecule has 138 valence electrons. The van der Waals surface area contributed by atoms with E-state index in [4.69, 9.17) is 4.74 Å². The van der Waals surface area contributed by atoms with Gasteiger partial charge in [-0.2, -0.15) is 0 Å². The first-order valence-electron chi connectivity index (χ1n) is 8.85. The van der Waals surface area contributed by atoms with Gasteiger partial charge >= 0.3 is 0 Å². The number of carbonyl (C=O) groups is 1. The van der Waals surface area contributed by atoms with E-state index in [9.17, 15) is 4.79 Å². The van der Waals surface area contributed by atoms with E-state index in [1.54, 1.807) is 0 Å². The van der Waals surface area contributed by atoms with Gasteiger partial charge in [-0.05, 0) is 49.2 Å². The molecule has 0 saturated carbocycles. The highest BCUT2D eigenvalue weighted by molar-refractivity contribution is 6.03. The van der Waals surface area contributed by atoms with Gasteiger partial charge in [0.25, 0.3) is 0 Å². The number of nitrogens with one attached hydrogen (secondary N) is 1. The number of carbonyl (C=O) groups excluding carboxylic acids is 1. The van der Waals surface area contributed by atoms with E-state index in [0.29, 0.717) is 6.54 Å². The normalized spacial score (nSPS) is 10.6. The van der Waals surface area contributed by atoms with E-state index in [0.717, 1.165) is 54.7 Å². The first-order valence-corrected chi connectivity index (χ1v) is 8.85. The number of likely N-dealkylation sites (N-methyl/N-ethyl adjacent to an activating group) is 1. The van der Waals surface area contributed by atoms with Crippen molar-refractivity contribution < 1.29 is 9.53 Å². The molecule has 5 heteroatoms. The molecule has 0 saturated heterocycles. The Hall–Kier alpha value is -1.78. The molecule has 0 fully saturated rings. The highest BCUT2D eigenvalue weighted by atomic mass is 35.5. The van der Waals surface area contributed by atoms with Crippen LogP contribution < -0.4 is 10.1 Å². The van der Waals surface area contributed by atoms with Crippen LogP contribution in [0.15, 0.2) is 36.4 Å². The van der Waals surface area contributed by atoms with E-state index in [1.165, 1.54) is 0 Å². The van der Waals surface area contributed by atoms with Gasteiger partial charge in [0.05, 0.1) is 13.2 Å². The largest absolute Gasteiger partial charge is 0.494 e. The summed E-state index contributed by atoms with van der Waals surface area (Å²) in [6, 6.07) is 12.0. The number of hydrogen-bond donors (Lipinski definition) is 1. The quantitative estimate of drug-likeness (QED) is 0.654. The van der Waals surface area contributed by atoms with Crippen LogP contribution in [0.5, 0.6) is 5.75 Å². The second kappa shape index (κ2) is 11.0. The van der Waals surface area contributed by atoms with Crippen molar-refractivity contribution in [1.82, 2.24) is 4.90 Å². The lowest BCUT2D eigenvalue weighted by atomic mass is 10.1. The Morgan fingerprint density at radius 1 is 1.12 bits per heavy atom. The molecule has 0 aliphatic rings. The molecule has 2 rings (SSSR count). The van der Waals surface area contributed by atoms with Crippen LogP contribution in [-0.2, 0) is 4.79 Å². The number of halogens is 1. The highest BCUT2D eigenvalue weighted by Crippen LogP contribution is 2.27. The monoisotopic (exact) mass is 364 g/mol. The molecular formula is C20H29ClN2O2. The molecule has 0 heterocycles. The van der Waals surface area contributed by atoms with E-state index in [1.807, 2.05) is 36.4 Å². The third kappa shape index (κ3) is 6.22. The summed E-state index contributed by atoms with van der Waals surface area (Å²) >= 11 is 0. The van der Waals surface area contributed by atoms with E-state index >= 15 is 0 Å². The van der Waals surface area contributed by atoms with Gasteiger partial charge < -0.3 is 10.1 Å². The van der Waals surface area contributed by atoms with Crippen molar-refractivity contribution in [3.63, 3.8) is 0 Å². The minimum Gasteiger partial charge on any atom is -0.494 e. The Morgan fingerprint density at radius 2 is 1.88 bits per heavy atom. The standard InChI is InChI=1S/C20H28N2O2.ClH/c1-4-7-13-24-17-11-12-18-16(14-17)9-8-10-19(18)21-20(23)15-22(5-2)6-3;/h8-12,14H,4-7,13,15H2,1-3H3,(H,21,23);1H. The minimum atomic E-state index is 0. The van der Waals surface area contributed by atoms with Crippen LogP contribution in [0.4, 0.5) is 5.69 Å². The van der Waals surface area contributed by atoms with E-state index < -0.39 is 0 Å². The molecule has 4 nitrogen and oxygen atoms in total. The van der Waals surface area contributed by atoms with Crippen LogP contribution in [-0.4, -0.2) is 37.0 Å².